The van der Waals surface area contributed by atoms with Crippen LogP contribution in [0.25, 0.3) is 10.8 Å². The molecule has 4 rings (SSSR count). The molecule has 1 aliphatic rings. The molecule has 4 heteroatoms. The van der Waals surface area contributed by atoms with Crippen LogP contribution in [-0.4, -0.2) is 55.0 Å². The first kappa shape index (κ1) is 21.5. The van der Waals surface area contributed by atoms with Gasteiger partial charge in [0.25, 0.3) is 0 Å². The van der Waals surface area contributed by atoms with Gasteiger partial charge in [-0.2, -0.15) is 0 Å². The van der Waals surface area contributed by atoms with E-state index in [-0.39, 0.29) is 5.91 Å². The van der Waals surface area contributed by atoms with E-state index in [9.17, 15) is 4.79 Å². The van der Waals surface area contributed by atoms with Gasteiger partial charge in [-0.1, -0.05) is 72.8 Å². The van der Waals surface area contributed by atoms with Crippen LogP contribution in [0.15, 0.2) is 72.8 Å². The van der Waals surface area contributed by atoms with E-state index in [2.05, 4.69) is 75.8 Å². The predicted molar refractivity (Wildman–Crippen MR) is 128 cm³/mol. The second kappa shape index (κ2) is 11.1. The summed E-state index contributed by atoms with van der Waals surface area (Å²) in [4.78, 5) is 17.4. The molecule has 3 aromatic carbocycles. The lowest BCUT2D eigenvalue weighted by molar-refractivity contribution is -0.120. The monoisotopic (exact) mass is 415 g/mol. The third-order valence-electron chi connectivity index (χ3n) is 6.12. The largest absolute Gasteiger partial charge is 0.356 e. The van der Waals surface area contributed by atoms with E-state index >= 15 is 0 Å². The maximum atomic E-state index is 12.3. The summed E-state index contributed by atoms with van der Waals surface area (Å²) in [7, 11) is 0. The van der Waals surface area contributed by atoms with Crippen molar-refractivity contribution in [3.8, 4) is 0 Å². The summed E-state index contributed by atoms with van der Waals surface area (Å²) >= 11 is 0. The van der Waals surface area contributed by atoms with E-state index in [0.29, 0.717) is 6.42 Å². The van der Waals surface area contributed by atoms with Gasteiger partial charge in [0.2, 0.25) is 5.91 Å². The minimum absolute atomic E-state index is 0.116. The van der Waals surface area contributed by atoms with E-state index in [1.165, 1.54) is 16.3 Å². The van der Waals surface area contributed by atoms with Crippen molar-refractivity contribution in [2.24, 2.45) is 0 Å². The highest BCUT2D eigenvalue weighted by molar-refractivity contribution is 5.85. The average molecular weight is 416 g/mol. The lowest BCUT2D eigenvalue weighted by atomic mass is 10.0. The lowest BCUT2D eigenvalue weighted by Crippen LogP contribution is -2.46. The van der Waals surface area contributed by atoms with E-state index < -0.39 is 0 Å². The van der Waals surface area contributed by atoms with Gasteiger partial charge in [0, 0.05) is 39.3 Å². The lowest BCUT2D eigenvalue weighted by Gasteiger charge is -2.34. The maximum Gasteiger partial charge on any atom is 0.224 e. The minimum atomic E-state index is 0.116. The summed E-state index contributed by atoms with van der Waals surface area (Å²) in [6.07, 6.45) is 2.62. The third kappa shape index (κ3) is 6.65. The number of unbranched alkanes of at least 4 members (excludes halogenated alkanes) is 1. The molecule has 0 unspecified atom stereocenters. The Balaban J connectivity index is 1.08. The second-order valence-corrected chi connectivity index (χ2v) is 8.52. The Hall–Kier alpha value is -2.69. The van der Waals surface area contributed by atoms with Crippen LogP contribution < -0.4 is 5.32 Å². The number of nitrogens with one attached hydrogen (secondary N) is 1. The van der Waals surface area contributed by atoms with E-state index in [0.717, 1.165) is 64.2 Å². The van der Waals surface area contributed by atoms with E-state index in [4.69, 9.17) is 0 Å². The fourth-order valence-electron chi connectivity index (χ4n) is 4.30. The first-order chi connectivity index (χ1) is 15.3. The Labute approximate surface area is 185 Å². The zero-order valence-electron chi connectivity index (χ0n) is 18.3. The van der Waals surface area contributed by atoms with Crippen LogP contribution in [-0.2, 0) is 17.8 Å². The van der Waals surface area contributed by atoms with Crippen molar-refractivity contribution in [3.63, 3.8) is 0 Å². The molecular weight excluding hydrogens is 382 g/mol. The fourth-order valence-corrected chi connectivity index (χ4v) is 4.30. The molecule has 0 radical (unpaired) electrons. The summed E-state index contributed by atoms with van der Waals surface area (Å²) in [5, 5.41) is 5.49. The van der Waals surface area contributed by atoms with Gasteiger partial charge in [-0.05, 0) is 41.3 Å². The van der Waals surface area contributed by atoms with E-state index in [1.54, 1.807) is 0 Å². The smallest absolute Gasteiger partial charge is 0.224 e. The topological polar surface area (TPSA) is 35.6 Å². The molecule has 162 valence electrons. The van der Waals surface area contributed by atoms with Crippen LogP contribution in [0.4, 0.5) is 0 Å². The number of rotatable bonds is 9. The molecule has 3 aromatic rings. The Morgan fingerprint density at radius 2 is 1.45 bits per heavy atom. The highest BCUT2D eigenvalue weighted by atomic mass is 16.1. The Kier molecular flexibility index (Phi) is 7.70. The summed E-state index contributed by atoms with van der Waals surface area (Å²) in [5.74, 6) is 0.116. The van der Waals surface area contributed by atoms with Crippen molar-refractivity contribution in [2.75, 3.05) is 39.3 Å². The van der Waals surface area contributed by atoms with E-state index in [1.807, 2.05) is 12.1 Å². The number of carbonyl (C=O) groups excluding carboxylic acids is 1. The number of carbonyl (C=O) groups is 1. The number of amides is 1. The van der Waals surface area contributed by atoms with Crippen LogP contribution in [0.1, 0.15) is 24.0 Å². The van der Waals surface area contributed by atoms with Gasteiger partial charge in [-0.3, -0.25) is 9.69 Å². The zero-order valence-corrected chi connectivity index (χ0v) is 18.3. The highest BCUT2D eigenvalue weighted by Gasteiger charge is 2.16. The van der Waals surface area contributed by atoms with Crippen LogP contribution in [0.5, 0.6) is 0 Å². The molecule has 4 nitrogen and oxygen atoms in total. The number of fused-ring (bicyclic) bond motifs is 1. The van der Waals surface area contributed by atoms with Crippen molar-refractivity contribution in [1.82, 2.24) is 15.1 Å². The molecule has 1 heterocycles. The Bertz CT molecular complexity index is 964. The molecule has 31 heavy (non-hydrogen) atoms. The minimum Gasteiger partial charge on any atom is -0.356 e. The van der Waals surface area contributed by atoms with Crippen molar-refractivity contribution in [1.29, 1.82) is 0 Å². The molecule has 0 aliphatic carbocycles. The molecule has 1 amide bonds. The average Bonchev–Trinajstić information content (AvgIpc) is 2.80. The Morgan fingerprint density at radius 1 is 0.742 bits per heavy atom. The van der Waals surface area contributed by atoms with Crippen LogP contribution >= 0.6 is 0 Å². The second-order valence-electron chi connectivity index (χ2n) is 8.52. The summed E-state index contributed by atoms with van der Waals surface area (Å²) in [6, 6.07) is 25.3. The molecule has 0 bridgehead atoms. The molecule has 1 N–H and O–H groups in total. The fraction of sp³-hybridized carbons (Fsp3) is 0.370. The molecule has 0 spiro atoms. The van der Waals surface area contributed by atoms with Crippen molar-refractivity contribution in [2.45, 2.75) is 25.8 Å². The molecule has 0 atom stereocenters. The molecule has 0 saturated carbocycles. The van der Waals surface area contributed by atoms with Gasteiger partial charge in [-0.25, -0.2) is 0 Å². The normalized spacial score (nSPS) is 15.2. The number of piperazine rings is 1. The van der Waals surface area contributed by atoms with Crippen molar-refractivity contribution < 1.29 is 4.79 Å². The summed E-state index contributed by atoms with van der Waals surface area (Å²) < 4.78 is 0. The highest BCUT2D eigenvalue weighted by Crippen LogP contribution is 2.16. The van der Waals surface area contributed by atoms with Gasteiger partial charge < -0.3 is 10.2 Å². The first-order valence-electron chi connectivity index (χ1n) is 11.5. The van der Waals surface area contributed by atoms with Gasteiger partial charge in [0.15, 0.2) is 0 Å². The number of benzene rings is 3. The van der Waals surface area contributed by atoms with Gasteiger partial charge in [-0.15, -0.1) is 0 Å². The van der Waals surface area contributed by atoms with Crippen LogP contribution in [0.3, 0.4) is 0 Å². The zero-order chi connectivity index (χ0) is 21.3. The summed E-state index contributed by atoms with van der Waals surface area (Å²) in [6.45, 7) is 7.50. The van der Waals surface area contributed by atoms with Gasteiger partial charge in [0.1, 0.15) is 0 Å². The first-order valence-corrected chi connectivity index (χ1v) is 11.5. The molecule has 1 fully saturated rings. The maximum absolute atomic E-state index is 12.3. The summed E-state index contributed by atoms with van der Waals surface area (Å²) in [5.41, 5.74) is 2.47. The number of hydrogen-bond donors (Lipinski definition) is 1. The molecule has 1 saturated heterocycles. The predicted octanol–water partition coefficient (Wildman–Crippen LogP) is 4.10. The quantitative estimate of drug-likeness (QED) is 0.535. The van der Waals surface area contributed by atoms with Crippen molar-refractivity contribution in [3.05, 3.63) is 83.9 Å². The Morgan fingerprint density at radius 3 is 2.26 bits per heavy atom. The molecular formula is C27H33N3O. The number of hydrogen-bond acceptors (Lipinski definition) is 3. The van der Waals surface area contributed by atoms with Gasteiger partial charge in [0.05, 0.1) is 6.42 Å². The van der Waals surface area contributed by atoms with Crippen LogP contribution in [0.2, 0.25) is 0 Å². The standard InChI is InChI=1S/C27H33N3O/c31-27(21-24-12-13-25-10-4-5-11-26(25)20-24)28-14-6-7-15-29-16-18-30(19-17-29)22-23-8-2-1-3-9-23/h1-5,8-13,20H,6-7,14-19,21-22H2,(H,28,31). The third-order valence-corrected chi connectivity index (χ3v) is 6.12. The molecule has 0 aromatic heterocycles. The molecule has 1 aliphatic heterocycles. The SMILES string of the molecule is O=C(Cc1ccc2ccccc2c1)NCCCCN1CCN(Cc2ccccc2)CC1. The van der Waals surface area contributed by atoms with Crippen molar-refractivity contribution >= 4 is 16.7 Å². The van der Waals surface area contributed by atoms with Gasteiger partial charge >= 0.3 is 0 Å². The van der Waals surface area contributed by atoms with Crippen LogP contribution in [0, 0.1) is 0 Å². The number of nitrogens with zero attached hydrogens (tertiary/aromatic N) is 2.